The predicted octanol–water partition coefficient (Wildman–Crippen LogP) is 3.93. The molecule has 2 heterocycles. The van der Waals surface area contributed by atoms with E-state index < -0.39 is 0 Å². The van der Waals surface area contributed by atoms with Gasteiger partial charge in [-0.05, 0) is 26.8 Å². The largest absolute Gasteiger partial charge is 0.370 e. The molecule has 0 bridgehead atoms. The summed E-state index contributed by atoms with van der Waals surface area (Å²) in [6.07, 6.45) is 1.74. The van der Waals surface area contributed by atoms with Crippen molar-refractivity contribution in [1.29, 1.82) is 0 Å². The van der Waals surface area contributed by atoms with Crippen molar-refractivity contribution in [2.75, 3.05) is 22.5 Å². The van der Waals surface area contributed by atoms with Gasteiger partial charge in [-0.25, -0.2) is 4.98 Å². The zero-order chi connectivity index (χ0) is 18.4. The fourth-order valence-corrected chi connectivity index (χ4v) is 2.39. The second-order valence-electron chi connectivity index (χ2n) is 6.06. The van der Waals surface area contributed by atoms with Crippen molar-refractivity contribution in [3.05, 3.63) is 48.7 Å². The normalized spacial score (nSPS) is 10.6. The average Bonchev–Trinajstić information content (AvgIpc) is 2.62. The summed E-state index contributed by atoms with van der Waals surface area (Å²) in [5.41, 5.74) is 1.80. The van der Waals surface area contributed by atoms with Crippen LogP contribution in [-0.2, 0) is 0 Å². The number of hydrogen-bond donors (Lipinski definition) is 3. The summed E-state index contributed by atoms with van der Waals surface area (Å²) in [7, 11) is 0. The summed E-state index contributed by atoms with van der Waals surface area (Å²) in [4.78, 5) is 17.9. The van der Waals surface area contributed by atoms with Crippen molar-refractivity contribution in [3.63, 3.8) is 0 Å². The lowest BCUT2D eigenvalue weighted by Crippen LogP contribution is -2.14. The molecule has 3 rings (SSSR count). The molecule has 0 spiro atoms. The summed E-state index contributed by atoms with van der Waals surface area (Å²) in [5, 5.41) is 9.68. The van der Waals surface area contributed by atoms with Crippen LogP contribution < -0.4 is 16.0 Å². The first kappa shape index (κ1) is 17.6. The van der Waals surface area contributed by atoms with Gasteiger partial charge in [-0.2, -0.15) is 15.0 Å². The van der Waals surface area contributed by atoms with Gasteiger partial charge in [0, 0.05) is 36.1 Å². The van der Waals surface area contributed by atoms with Crippen LogP contribution in [0.25, 0.3) is 11.4 Å². The van der Waals surface area contributed by atoms with Gasteiger partial charge in [0.05, 0.1) is 0 Å². The molecule has 0 saturated heterocycles. The summed E-state index contributed by atoms with van der Waals surface area (Å²) in [6.45, 7) is 6.93. The Bertz CT molecular complexity index is 850. The van der Waals surface area contributed by atoms with Crippen molar-refractivity contribution in [2.24, 2.45) is 0 Å². The first-order chi connectivity index (χ1) is 12.6. The van der Waals surface area contributed by atoms with Crippen LogP contribution in [0.15, 0.2) is 48.7 Å². The Morgan fingerprint density at radius 3 is 2.46 bits per heavy atom. The van der Waals surface area contributed by atoms with Crippen LogP contribution in [0, 0.1) is 0 Å². The maximum absolute atomic E-state index is 4.57. The molecule has 1 aromatic carbocycles. The molecule has 0 amide bonds. The predicted molar refractivity (Wildman–Crippen MR) is 106 cm³/mol. The molecule has 0 saturated carbocycles. The lowest BCUT2D eigenvalue weighted by Gasteiger charge is -2.12. The van der Waals surface area contributed by atoms with E-state index in [-0.39, 0.29) is 6.04 Å². The first-order valence-corrected chi connectivity index (χ1v) is 8.69. The lowest BCUT2D eigenvalue weighted by molar-refractivity contribution is 0.869. The van der Waals surface area contributed by atoms with E-state index in [4.69, 9.17) is 0 Å². The molecule has 0 atom stereocenters. The topological polar surface area (TPSA) is 87.7 Å². The Kier molecular flexibility index (Phi) is 5.58. The van der Waals surface area contributed by atoms with Gasteiger partial charge in [-0.3, -0.25) is 0 Å². The van der Waals surface area contributed by atoms with E-state index in [1.807, 2.05) is 63.2 Å². The molecule has 0 radical (unpaired) electrons. The molecule has 3 N–H and O–H groups in total. The minimum absolute atomic E-state index is 0.218. The lowest BCUT2D eigenvalue weighted by atomic mass is 10.2. The Hall–Kier alpha value is -3.22. The fourth-order valence-electron chi connectivity index (χ4n) is 2.39. The molecule has 2 aromatic heterocycles. The van der Waals surface area contributed by atoms with Crippen LogP contribution in [0.1, 0.15) is 20.8 Å². The molecule has 7 heteroatoms. The van der Waals surface area contributed by atoms with Crippen molar-refractivity contribution >= 4 is 23.4 Å². The van der Waals surface area contributed by atoms with E-state index in [2.05, 4.69) is 35.9 Å². The quantitative estimate of drug-likeness (QED) is 0.595. The second kappa shape index (κ2) is 8.24. The van der Waals surface area contributed by atoms with Gasteiger partial charge in [0.15, 0.2) is 5.82 Å². The molecule has 0 unspecified atom stereocenters. The van der Waals surface area contributed by atoms with Crippen molar-refractivity contribution in [1.82, 2.24) is 19.9 Å². The molecule has 0 aliphatic carbocycles. The van der Waals surface area contributed by atoms with Gasteiger partial charge >= 0.3 is 0 Å². The Labute approximate surface area is 153 Å². The van der Waals surface area contributed by atoms with E-state index in [0.717, 1.165) is 23.6 Å². The SMILES string of the molecule is CCNc1cc(Nc2nc(NC(C)C)nc(-c3ccccc3)n2)ccn1. The van der Waals surface area contributed by atoms with Crippen LogP contribution in [-0.4, -0.2) is 32.5 Å². The van der Waals surface area contributed by atoms with Crippen molar-refractivity contribution in [2.45, 2.75) is 26.8 Å². The monoisotopic (exact) mass is 349 g/mol. The first-order valence-electron chi connectivity index (χ1n) is 8.69. The standard InChI is InChI=1S/C19H23N7/c1-4-20-16-12-15(10-11-21-16)23-19-25-17(14-8-6-5-7-9-14)24-18(26-19)22-13(2)3/h5-13H,4H2,1-3H3,(H3,20,21,22,23,24,25,26). The highest BCUT2D eigenvalue weighted by atomic mass is 15.2. The molecule has 0 aliphatic heterocycles. The van der Waals surface area contributed by atoms with Gasteiger partial charge < -0.3 is 16.0 Å². The van der Waals surface area contributed by atoms with Crippen LogP contribution in [0.4, 0.5) is 23.4 Å². The minimum atomic E-state index is 0.218. The minimum Gasteiger partial charge on any atom is -0.370 e. The molecular formula is C19H23N7. The Morgan fingerprint density at radius 2 is 1.73 bits per heavy atom. The highest BCUT2D eigenvalue weighted by molar-refractivity contribution is 5.62. The molecule has 134 valence electrons. The number of nitrogens with one attached hydrogen (secondary N) is 3. The zero-order valence-electron chi connectivity index (χ0n) is 15.2. The van der Waals surface area contributed by atoms with Crippen LogP contribution in [0.2, 0.25) is 0 Å². The van der Waals surface area contributed by atoms with Gasteiger partial charge in [-0.1, -0.05) is 30.3 Å². The average molecular weight is 349 g/mol. The molecule has 3 aromatic rings. The Balaban J connectivity index is 1.94. The zero-order valence-corrected chi connectivity index (χ0v) is 15.2. The summed E-state index contributed by atoms with van der Waals surface area (Å²) in [5.74, 6) is 2.44. The highest BCUT2D eigenvalue weighted by Gasteiger charge is 2.10. The number of hydrogen-bond acceptors (Lipinski definition) is 7. The number of pyridine rings is 1. The van der Waals surface area contributed by atoms with E-state index >= 15 is 0 Å². The number of nitrogens with zero attached hydrogens (tertiary/aromatic N) is 4. The third-order valence-electron chi connectivity index (χ3n) is 3.46. The van der Waals surface area contributed by atoms with Gasteiger partial charge in [0.2, 0.25) is 11.9 Å². The van der Waals surface area contributed by atoms with Crippen molar-refractivity contribution in [3.8, 4) is 11.4 Å². The molecule has 26 heavy (non-hydrogen) atoms. The number of aromatic nitrogens is 4. The summed E-state index contributed by atoms with van der Waals surface area (Å²) in [6, 6.07) is 13.9. The van der Waals surface area contributed by atoms with Crippen LogP contribution in [0.3, 0.4) is 0 Å². The van der Waals surface area contributed by atoms with Crippen LogP contribution in [0.5, 0.6) is 0 Å². The summed E-state index contributed by atoms with van der Waals surface area (Å²) >= 11 is 0. The highest BCUT2D eigenvalue weighted by Crippen LogP contribution is 2.21. The third kappa shape index (κ3) is 4.66. The number of benzene rings is 1. The third-order valence-corrected chi connectivity index (χ3v) is 3.46. The Morgan fingerprint density at radius 1 is 0.962 bits per heavy atom. The van der Waals surface area contributed by atoms with Gasteiger partial charge in [0.25, 0.3) is 0 Å². The van der Waals surface area contributed by atoms with Crippen molar-refractivity contribution < 1.29 is 0 Å². The van der Waals surface area contributed by atoms with Gasteiger partial charge in [0.1, 0.15) is 5.82 Å². The molecule has 0 fully saturated rings. The molecular weight excluding hydrogens is 326 g/mol. The van der Waals surface area contributed by atoms with Gasteiger partial charge in [-0.15, -0.1) is 0 Å². The van der Waals surface area contributed by atoms with E-state index in [1.165, 1.54) is 0 Å². The second-order valence-corrected chi connectivity index (χ2v) is 6.06. The van der Waals surface area contributed by atoms with E-state index in [9.17, 15) is 0 Å². The fraction of sp³-hybridized carbons (Fsp3) is 0.263. The molecule has 7 nitrogen and oxygen atoms in total. The molecule has 0 aliphatic rings. The van der Waals surface area contributed by atoms with Crippen LogP contribution >= 0.6 is 0 Å². The maximum Gasteiger partial charge on any atom is 0.232 e. The van der Waals surface area contributed by atoms with E-state index in [1.54, 1.807) is 6.20 Å². The number of anilines is 4. The maximum atomic E-state index is 4.57. The summed E-state index contributed by atoms with van der Waals surface area (Å²) < 4.78 is 0. The smallest absolute Gasteiger partial charge is 0.232 e. The van der Waals surface area contributed by atoms with E-state index in [0.29, 0.717) is 17.7 Å². The number of rotatable bonds is 7.